The summed E-state index contributed by atoms with van der Waals surface area (Å²) in [5.74, 6) is -0.218. The van der Waals surface area contributed by atoms with Crippen LogP contribution in [0.2, 0.25) is 0 Å². The quantitative estimate of drug-likeness (QED) is 0.897. The van der Waals surface area contributed by atoms with Crippen molar-refractivity contribution in [3.63, 3.8) is 0 Å². The number of amides is 2. The molecule has 0 unspecified atom stereocenters. The zero-order chi connectivity index (χ0) is 17.4. The third kappa shape index (κ3) is 3.01. The maximum absolute atomic E-state index is 12.6. The fourth-order valence-electron chi connectivity index (χ4n) is 2.99. The molecular weight excluding hydrogens is 338 g/mol. The van der Waals surface area contributed by atoms with Gasteiger partial charge in [0.15, 0.2) is 0 Å². The molecule has 6 nitrogen and oxygen atoms in total. The molecule has 3 heterocycles. The lowest BCUT2D eigenvalue weighted by Gasteiger charge is -2.18. The van der Waals surface area contributed by atoms with Crippen molar-refractivity contribution in [2.75, 3.05) is 23.9 Å². The van der Waals surface area contributed by atoms with E-state index in [4.69, 9.17) is 4.74 Å². The number of hydrogen-bond acceptors (Lipinski definition) is 5. The number of carbonyl (C=O) groups is 2. The molecule has 2 aromatic rings. The molecule has 2 aliphatic rings. The van der Waals surface area contributed by atoms with Gasteiger partial charge in [0.25, 0.3) is 11.8 Å². The van der Waals surface area contributed by atoms with Gasteiger partial charge in [-0.25, -0.2) is 4.98 Å². The van der Waals surface area contributed by atoms with E-state index in [1.54, 1.807) is 36.3 Å². The minimum atomic E-state index is -0.377. The van der Waals surface area contributed by atoms with E-state index >= 15 is 0 Å². The highest BCUT2D eigenvalue weighted by Crippen LogP contribution is 2.41. The summed E-state index contributed by atoms with van der Waals surface area (Å²) in [6.45, 7) is 0.632. The molecule has 0 radical (unpaired) electrons. The summed E-state index contributed by atoms with van der Waals surface area (Å²) in [7, 11) is 1.74. The van der Waals surface area contributed by atoms with E-state index in [2.05, 4.69) is 10.3 Å². The molecule has 1 aromatic carbocycles. The number of nitrogens with one attached hydrogen (secondary N) is 1. The van der Waals surface area contributed by atoms with Gasteiger partial charge < -0.3 is 15.0 Å². The molecule has 0 bridgehead atoms. The van der Waals surface area contributed by atoms with Crippen LogP contribution in [-0.2, 0) is 9.53 Å². The number of carbonyl (C=O) groups excluding carboxylic acids is 2. The number of aromatic nitrogens is 1. The van der Waals surface area contributed by atoms with Crippen molar-refractivity contribution in [1.82, 2.24) is 4.98 Å². The van der Waals surface area contributed by atoms with Crippen molar-refractivity contribution in [3.05, 3.63) is 42.1 Å². The summed E-state index contributed by atoms with van der Waals surface area (Å²) in [5.41, 5.74) is 2.06. The number of ether oxygens (including phenoxy) is 1. The van der Waals surface area contributed by atoms with Crippen LogP contribution in [-0.4, -0.2) is 36.6 Å². The maximum atomic E-state index is 12.6. The Morgan fingerprint density at radius 3 is 3.08 bits per heavy atom. The van der Waals surface area contributed by atoms with Gasteiger partial charge in [0.05, 0.1) is 11.3 Å². The highest BCUT2D eigenvalue weighted by atomic mass is 32.2. The number of rotatable bonds is 2. The Balaban J connectivity index is 1.65. The van der Waals surface area contributed by atoms with Crippen LogP contribution in [0.15, 0.2) is 46.5 Å². The second kappa shape index (κ2) is 6.50. The second-order valence-corrected chi connectivity index (χ2v) is 7.03. The lowest BCUT2D eigenvalue weighted by atomic mass is 10.2. The van der Waals surface area contributed by atoms with Crippen LogP contribution >= 0.6 is 11.8 Å². The lowest BCUT2D eigenvalue weighted by molar-refractivity contribution is -0.124. The van der Waals surface area contributed by atoms with E-state index in [1.807, 2.05) is 12.1 Å². The average Bonchev–Trinajstić information content (AvgIpc) is 3.13. The first kappa shape index (κ1) is 16.1. The van der Waals surface area contributed by atoms with E-state index in [-0.39, 0.29) is 17.9 Å². The Bertz CT molecular complexity index is 849. The van der Waals surface area contributed by atoms with Crippen molar-refractivity contribution in [1.29, 1.82) is 0 Å². The average molecular weight is 355 g/mol. The van der Waals surface area contributed by atoms with Crippen LogP contribution in [0.25, 0.3) is 0 Å². The Labute approximate surface area is 149 Å². The molecule has 2 aliphatic heterocycles. The van der Waals surface area contributed by atoms with Crippen LogP contribution in [0.3, 0.4) is 0 Å². The molecule has 7 heteroatoms. The summed E-state index contributed by atoms with van der Waals surface area (Å²) in [6, 6.07) is 9.06. The van der Waals surface area contributed by atoms with Crippen molar-refractivity contribution in [3.8, 4) is 0 Å². The molecule has 25 heavy (non-hydrogen) atoms. The Kier molecular flexibility index (Phi) is 4.19. The van der Waals surface area contributed by atoms with Crippen LogP contribution in [0.5, 0.6) is 0 Å². The first-order valence-electron chi connectivity index (χ1n) is 8.11. The molecule has 128 valence electrons. The van der Waals surface area contributed by atoms with E-state index in [1.165, 1.54) is 11.8 Å². The zero-order valence-electron chi connectivity index (χ0n) is 13.7. The van der Waals surface area contributed by atoms with Crippen LogP contribution in [0, 0.1) is 0 Å². The Morgan fingerprint density at radius 1 is 1.40 bits per heavy atom. The molecule has 0 saturated carbocycles. The molecule has 1 saturated heterocycles. The van der Waals surface area contributed by atoms with E-state index in [9.17, 15) is 9.59 Å². The first-order chi connectivity index (χ1) is 12.1. The minimum absolute atomic E-state index is 0.0921. The summed E-state index contributed by atoms with van der Waals surface area (Å²) >= 11 is 1.43. The van der Waals surface area contributed by atoms with E-state index in [0.717, 1.165) is 23.4 Å². The van der Waals surface area contributed by atoms with Gasteiger partial charge in [-0.3, -0.25) is 9.59 Å². The van der Waals surface area contributed by atoms with Gasteiger partial charge in [-0.15, -0.1) is 0 Å². The molecule has 1 atom stereocenters. The monoisotopic (exact) mass is 355 g/mol. The lowest BCUT2D eigenvalue weighted by Crippen LogP contribution is -2.27. The number of nitrogens with zero attached hydrogens (tertiary/aromatic N) is 2. The largest absolute Gasteiger partial charge is 0.368 e. The molecule has 1 fully saturated rings. The van der Waals surface area contributed by atoms with Crippen molar-refractivity contribution in [2.24, 2.45) is 0 Å². The Morgan fingerprint density at radius 2 is 2.28 bits per heavy atom. The number of benzene rings is 1. The third-order valence-electron chi connectivity index (χ3n) is 4.32. The standard InChI is InChI=1S/C18H17N3O3S/c1-21-13-7-6-11(20-16(22)14-5-3-9-24-14)10-15(13)25-17-12(18(21)23)4-2-8-19-17/h2,4,6-8,10,14H,3,5,9H2,1H3,(H,20,22)/t14-/m0/s1. The third-order valence-corrected chi connectivity index (χ3v) is 5.39. The molecule has 4 rings (SSSR count). The summed E-state index contributed by atoms with van der Waals surface area (Å²) in [5, 5.41) is 3.57. The molecule has 1 N–H and O–H groups in total. The second-order valence-electron chi connectivity index (χ2n) is 6.00. The van der Waals surface area contributed by atoms with E-state index in [0.29, 0.717) is 22.9 Å². The van der Waals surface area contributed by atoms with Gasteiger partial charge in [-0.2, -0.15) is 0 Å². The van der Waals surface area contributed by atoms with Crippen molar-refractivity contribution in [2.45, 2.75) is 28.9 Å². The number of hydrogen-bond donors (Lipinski definition) is 1. The van der Waals surface area contributed by atoms with E-state index < -0.39 is 0 Å². The van der Waals surface area contributed by atoms with Crippen LogP contribution in [0.1, 0.15) is 23.2 Å². The normalized spacial score (nSPS) is 19.2. The number of pyridine rings is 1. The fraction of sp³-hybridized carbons (Fsp3) is 0.278. The molecule has 0 aliphatic carbocycles. The molecule has 2 amide bonds. The van der Waals surface area contributed by atoms with Gasteiger partial charge in [-0.05, 0) is 43.2 Å². The van der Waals surface area contributed by atoms with Gasteiger partial charge in [-0.1, -0.05) is 11.8 Å². The van der Waals surface area contributed by atoms with Crippen LogP contribution in [0.4, 0.5) is 11.4 Å². The fourth-order valence-corrected chi connectivity index (χ4v) is 4.07. The maximum Gasteiger partial charge on any atom is 0.260 e. The van der Waals surface area contributed by atoms with Gasteiger partial charge >= 0.3 is 0 Å². The number of anilines is 2. The molecule has 0 spiro atoms. The zero-order valence-corrected chi connectivity index (χ0v) is 14.5. The highest BCUT2D eigenvalue weighted by molar-refractivity contribution is 7.99. The topological polar surface area (TPSA) is 71.5 Å². The van der Waals surface area contributed by atoms with Gasteiger partial charge in [0.1, 0.15) is 11.1 Å². The summed E-state index contributed by atoms with van der Waals surface area (Å²) in [4.78, 5) is 31.7. The van der Waals surface area contributed by atoms with Crippen LogP contribution < -0.4 is 10.2 Å². The predicted octanol–water partition coefficient (Wildman–Crippen LogP) is 2.94. The highest BCUT2D eigenvalue weighted by Gasteiger charge is 2.27. The van der Waals surface area contributed by atoms with Gasteiger partial charge in [0.2, 0.25) is 0 Å². The smallest absolute Gasteiger partial charge is 0.260 e. The van der Waals surface area contributed by atoms with Crippen molar-refractivity contribution < 1.29 is 14.3 Å². The first-order valence-corrected chi connectivity index (χ1v) is 8.92. The Hall–Kier alpha value is -2.38. The molecular formula is C18H17N3O3S. The summed E-state index contributed by atoms with van der Waals surface area (Å²) in [6.07, 6.45) is 2.96. The predicted molar refractivity (Wildman–Crippen MR) is 95.1 cm³/mol. The van der Waals surface area contributed by atoms with Crippen molar-refractivity contribution >= 4 is 35.0 Å². The number of fused-ring (bicyclic) bond motifs is 2. The molecule has 1 aromatic heterocycles. The summed E-state index contributed by atoms with van der Waals surface area (Å²) < 4.78 is 5.42. The SMILES string of the molecule is CN1C(=O)c2cccnc2Sc2cc(NC(=O)[C@@H]3CCCO3)ccc21. The minimum Gasteiger partial charge on any atom is -0.368 e. The van der Waals surface area contributed by atoms with Gasteiger partial charge in [0, 0.05) is 30.4 Å².